The van der Waals surface area contributed by atoms with Gasteiger partial charge in [0.25, 0.3) is 0 Å². The Balaban J connectivity index is 2.09. The van der Waals surface area contributed by atoms with Gasteiger partial charge in [-0.15, -0.1) is 0 Å². The van der Waals surface area contributed by atoms with E-state index in [1.54, 1.807) is 0 Å². The molecular weight excluding hydrogens is 216 g/mol. The van der Waals surface area contributed by atoms with Crippen molar-refractivity contribution in [3.05, 3.63) is 0 Å². The Bertz CT molecular complexity index is 271. The van der Waals surface area contributed by atoms with E-state index < -0.39 is 12.2 Å². The molecule has 6 atom stereocenters. The molecule has 0 aromatic carbocycles. The third kappa shape index (κ3) is 2.67. The first-order valence-corrected chi connectivity index (χ1v) is 6.83. The number of fused-ring (bicyclic) bond motifs is 1. The van der Waals surface area contributed by atoms with E-state index in [9.17, 15) is 10.2 Å². The van der Waals surface area contributed by atoms with Crippen LogP contribution in [0.2, 0.25) is 0 Å². The number of aliphatic hydroxyl groups excluding tert-OH is 2. The molecule has 4 unspecified atom stereocenters. The van der Waals surface area contributed by atoms with E-state index in [0.29, 0.717) is 11.8 Å². The molecule has 2 N–H and O–H groups in total. The molecule has 0 heterocycles. The summed E-state index contributed by atoms with van der Waals surface area (Å²) in [4.78, 5) is 0. The van der Waals surface area contributed by atoms with Crippen molar-refractivity contribution < 1.29 is 14.9 Å². The predicted octanol–water partition coefficient (Wildman–Crippen LogP) is 1.96. The molecule has 0 amide bonds. The summed E-state index contributed by atoms with van der Waals surface area (Å²) in [6.07, 6.45) is 2.05. The van der Waals surface area contributed by atoms with Crippen molar-refractivity contribution in [3.8, 4) is 0 Å². The van der Waals surface area contributed by atoms with E-state index in [1.165, 1.54) is 0 Å². The molecule has 100 valence electrons. The molecule has 3 heteroatoms. The van der Waals surface area contributed by atoms with E-state index in [2.05, 4.69) is 27.7 Å². The van der Waals surface area contributed by atoms with Crippen LogP contribution in [0.15, 0.2) is 0 Å². The minimum absolute atomic E-state index is 0.125. The molecule has 17 heavy (non-hydrogen) atoms. The largest absolute Gasteiger partial charge is 0.390 e. The second kappa shape index (κ2) is 4.52. The van der Waals surface area contributed by atoms with E-state index in [-0.39, 0.29) is 17.6 Å². The standard InChI is InChI=1S/C14H26O3/c1-8-12-9(7-10(15)13(8)16)5-6-11(12)17-14(2,3)4/h8-13,15-16H,5-7H2,1-4H3/t8-,9?,10?,11-,12?,13?/m0/s1. The summed E-state index contributed by atoms with van der Waals surface area (Å²) in [5.41, 5.74) is -0.125. The summed E-state index contributed by atoms with van der Waals surface area (Å²) in [5, 5.41) is 19.8. The second-order valence-corrected chi connectivity index (χ2v) is 6.84. The van der Waals surface area contributed by atoms with Gasteiger partial charge in [-0.3, -0.25) is 0 Å². The molecular formula is C14H26O3. The van der Waals surface area contributed by atoms with Gasteiger partial charge in [0.15, 0.2) is 0 Å². The zero-order valence-electron chi connectivity index (χ0n) is 11.4. The Morgan fingerprint density at radius 2 is 1.76 bits per heavy atom. The van der Waals surface area contributed by atoms with E-state index in [0.717, 1.165) is 19.3 Å². The van der Waals surface area contributed by atoms with Crippen LogP contribution in [-0.4, -0.2) is 34.1 Å². The molecule has 0 aliphatic heterocycles. The fraction of sp³-hybridized carbons (Fsp3) is 1.00. The fourth-order valence-corrected chi connectivity index (χ4v) is 3.73. The fourth-order valence-electron chi connectivity index (χ4n) is 3.73. The third-order valence-corrected chi connectivity index (χ3v) is 4.38. The van der Waals surface area contributed by atoms with Gasteiger partial charge in [0.1, 0.15) is 0 Å². The maximum atomic E-state index is 10.0. The zero-order valence-corrected chi connectivity index (χ0v) is 11.4. The van der Waals surface area contributed by atoms with Crippen LogP contribution in [0, 0.1) is 17.8 Å². The SMILES string of the molecule is C[C@@H]1C(O)C(O)CC2CC[C@H](OC(C)(C)C)C21. The number of hydrogen-bond acceptors (Lipinski definition) is 3. The van der Waals surface area contributed by atoms with Crippen LogP contribution >= 0.6 is 0 Å². The maximum Gasteiger partial charge on any atom is 0.0828 e. The summed E-state index contributed by atoms with van der Waals surface area (Å²) in [7, 11) is 0. The quantitative estimate of drug-likeness (QED) is 0.739. The lowest BCUT2D eigenvalue weighted by Gasteiger charge is -2.42. The summed E-state index contributed by atoms with van der Waals surface area (Å²) in [6.45, 7) is 8.30. The van der Waals surface area contributed by atoms with Crippen molar-refractivity contribution in [2.75, 3.05) is 0 Å². The van der Waals surface area contributed by atoms with Gasteiger partial charge in [0, 0.05) is 0 Å². The van der Waals surface area contributed by atoms with Crippen molar-refractivity contribution >= 4 is 0 Å². The average Bonchev–Trinajstić information content (AvgIpc) is 2.55. The lowest BCUT2D eigenvalue weighted by molar-refractivity contribution is -0.133. The van der Waals surface area contributed by atoms with Crippen LogP contribution in [0.3, 0.4) is 0 Å². The first-order valence-electron chi connectivity index (χ1n) is 6.83. The Morgan fingerprint density at radius 3 is 2.35 bits per heavy atom. The summed E-state index contributed by atoms with van der Waals surface area (Å²) >= 11 is 0. The molecule has 0 spiro atoms. The average molecular weight is 242 g/mol. The van der Waals surface area contributed by atoms with Crippen molar-refractivity contribution in [2.24, 2.45) is 17.8 Å². The third-order valence-electron chi connectivity index (χ3n) is 4.38. The van der Waals surface area contributed by atoms with Gasteiger partial charge in [-0.25, -0.2) is 0 Å². The predicted molar refractivity (Wildman–Crippen MR) is 66.6 cm³/mol. The monoisotopic (exact) mass is 242 g/mol. The Kier molecular flexibility index (Phi) is 3.54. The van der Waals surface area contributed by atoms with Crippen molar-refractivity contribution in [2.45, 2.75) is 70.9 Å². The number of ether oxygens (including phenoxy) is 1. The molecule has 0 saturated heterocycles. The lowest BCUT2D eigenvalue weighted by Crippen LogP contribution is -2.48. The first-order chi connectivity index (χ1) is 7.79. The van der Waals surface area contributed by atoms with Crippen LogP contribution in [0.25, 0.3) is 0 Å². The molecule has 0 radical (unpaired) electrons. The van der Waals surface area contributed by atoms with Gasteiger partial charge in [-0.05, 0) is 57.8 Å². The van der Waals surface area contributed by atoms with Crippen molar-refractivity contribution in [1.82, 2.24) is 0 Å². The molecule has 2 aliphatic rings. The van der Waals surface area contributed by atoms with Crippen LogP contribution in [-0.2, 0) is 4.74 Å². The normalized spacial score (nSPS) is 46.9. The highest BCUT2D eigenvalue weighted by Crippen LogP contribution is 2.47. The second-order valence-electron chi connectivity index (χ2n) is 6.84. The van der Waals surface area contributed by atoms with E-state index in [4.69, 9.17) is 4.74 Å². The van der Waals surface area contributed by atoms with Crippen molar-refractivity contribution in [3.63, 3.8) is 0 Å². The van der Waals surface area contributed by atoms with E-state index >= 15 is 0 Å². The Hall–Kier alpha value is -0.120. The minimum atomic E-state index is -0.583. The molecule has 3 nitrogen and oxygen atoms in total. The highest BCUT2D eigenvalue weighted by molar-refractivity contribution is 4.98. The molecule has 2 rings (SSSR count). The molecule has 0 aromatic rings. The molecule has 0 bridgehead atoms. The Labute approximate surface area is 104 Å². The Morgan fingerprint density at radius 1 is 1.12 bits per heavy atom. The topological polar surface area (TPSA) is 49.7 Å². The van der Waals surface area contributed by atoms with Gasteiger partial charge in [-0.1, -0.05) is 6.92 Å². The van der Waals surface area contributed by atoms with Gasteiger partial charge >= 0.3 is 0 Å². The molecule has 2 fully saturated rings. The number of hydrogen-bond donors (Lipinski definition) is 2. The maximum absolute atomic E-state index is 10.0. The summed E-state index contributed by atoms with van der Waals surface area (Å²) in [6, 6.07) is 0. The van der Waals surface area contributed by atoms with Crippen LogP contribution < -0.4 is 0 Å². The van der Waals surface area contributed by atoms with E-state index in [1.807, 2.05) is 0 Å². The lowest BCUT2D eigenvalue weighted by atomic mass is 9.71. The number of rotatable bonds is 1. The summed E-state index contributed by atoms with van der Waals surface area (Å²) < 4.78 is 6.13. The molecule has 2 saturated carbocycles. The smallest absolute Gasteiger partial charge is 0.0828 e. The van der Waals surface area contributed by atoms with Gasteiger partial charge in [-0.2, -0.15) is 0 Å². The van der Waals surface area contributed by atoms with Crippen LogP contribution in [0.5, 0.6) is 0 Å². The minimum Gasteiger partial charge on any atom is -0.390 e. The summed E-state index contributed by atoms with van der Waals surface area (Å²) in [5.74, 6) is 1.07. The zero-order chi connectivity index (χ0) is 12.8. The van der Waals surface area contributed by atoms with Gasteiger partial charge in [0.05, 0.1) is 23.9 Å². The van der Waals surface area contributed by atoms with Gasteiger partial charge < -0.3 is 14.9 Å². The highest BCUT2D eigenvalue weighted by Gasteiger charge is 2.49. The van der Waals surface area contributed by atoms with Gasteiger partial charge in [0.2, 0.25) is 0 Å². The van der Waals surface area contributed by atoms with Crippen LogP contribution in [0.4, 0.5) is 0 Å². The first kappa shape index (κ1) is 13.3. The highest BCUT2D eigenvalue weighted by atomic mass is 16.5. The molecule has 0 aromatic heterocycles. The van der Waals surface area contributed by atoms with Crippen LogP contribution in [0.1, 0.15) is 47.0 Å². The number of aliphatic hydroxyl groups is 2. The molecule has 2 aliphatic carbocycles. The van der Waals surface area contributed by atoms with Crippen molar-refractivity contribution in [1.29, 1.82) is 0 Å².